The van der Waals surface area contributed by atoms with Crippen molar-refractivity contribution in [2.75, 3.05) is 11.4 Å². The molecule has 0 aromatic heterocycles. The van der Waals surface area contributed by atoms with E-state index < -0.39 is 29.4 Å². The van der Waals surface area contributed by atoms with E-state index in [9.17, 15) is 19.2 Å². The van der Waals surface area contributed by atoms with Crippen LogP contribution < -0.4 is 15.8 Å². The van der Waals surface area contributed by atoms with Crippen LogP contribution in [0, 0.1) is 12.8 Å². The molecule has 0 aliphatic carbocycles. The number of aryl methyl sites for hydroxylation is 1. The molecule has 0 bridgehead atoms. The maximum atomic E-state index is 12.8. The summed E-state index contributed by atoms with van der Waals surface area (Å²) in [5.41, 5.74) is 6.65. The van der Waals surface area contributed by atoms with Gasteiger partial charge in [0.15, 0.2) is 11.7 Å². The molecular weight excluding hydrogens is 358 g/mol. The highest BCUT2D eigenvalue weighted by Crippen LogP contribution is 2.30. The van der Waals surface area contributed by atoms with Crippen molar-refractivity contribution in [2.24, 2.45) is 5.92 Å². The van der Waals surface area contributed by atoms with E-state index in [-0.39, 0.29) is 0 Å². The molecule has 1 aliphatic rings. The Bertz CT molecular complexity index is 937. The third kappa shape index (κ3) is 3.64. The number of hydrazine groups is 1. The van der Waals surface area contributed by atoms with Gasteiger partial charge in [-0.2, -0.15) is 0 Å². The summed E-state index contributed by atoms with van der Waals surface area (Å²) in [6.07, 6.45) is 0.673. The molecule has 0 spiro atoms. The highest BCUT2D eigenvalue weighted by molar-refractivity contribution is 6.31. The van der Waals surface area contributed by atoms with Gasteiger partial charge < -0.3 is 4.90 Å². The standard InChI is InChI=1S/C21H21N3O4/c1-3-12-24-16-7-5-4-6-15(16)18(25)17(21(24)28)20(27)23-22-19(26)14-10-8-13(2)9-11-14/h4-11,17H,3,12H2,1-2H3,(H,22,26)(H,23,27). The average Bonchev–Trinajstić information content (AvgIpc) is 2.70. The summed E-state index contributed by atoms with van der Waals surface area (Å²) in [5.74, 6) is -4.08. The maximum absolute atomic E-state index is 12.8. The lowest BCUT2D eigenvalue weighted by Gasteiger charge is -2.32. The number of anilines is 1. The average molecular weight is 379 g/mol. The summed E-state index contributed by atoms with van der Waals surface area (Å²) in [7, 11) is 0. The Morgan fingerprint density at radius 3 is 2.36 bits per heavy atom. The zero-order valence-electron chi connectivity index (χ0n) is 15.7. The van der Waals surface area contributed by atoms with Crippen molar-refractivity contribution in [3.63, 3.8) is 0 Å². The van der Waals surface area contributed by atoms with Crippen molar-refractivity contribution in [3.8, 4) is 0 Å². The molecule has 1 unspecified atom stereocenters. The number of Topliss-reactive ketones (excluding diaryl/α,β-unsaturated/α-hetero) is 1. The minimum Gasteiger partial charge on any atom is -0.311 e. The molecule has 7 nitrogen and oxygen atoms in total. The maximum Gasteiger partial charge on any atom is 0.269 e. The second kappa shape index (κ2) is 8.04. The number of amides is 3. The van der Waals surface area contributed by atoms with Crippen LogP contribution >= 0.6 is 0 Å². The van der Waals surface area contributed by atoms with Gasteiger partial charge in [-0.1, -0.05) is 36.8 Å². The minimum absolute atomic E-state index is 0.320. The molecule has 2 aromatic carbocycles. The second-order valence-electron chi connectivity index (χ2n) is 6.61. The molecule has 3 rings (SSSR count). The van der Waals surface area contributed by atoms with Crippen LogP contribution in [0.2, 0.25) is 0 Å². The van der Waals surface area contributed by atoms with Gasteiger partial charge >= 0.3 is 0 Å². The number of para-hydroxylation sites is 1. The fourth-order valence-corrected chi connectivity index (χ4v) is 3.11. The Kier molecular flexibility index (Phi) is 5.54. The summed E-state index contributed by atoms with van der Waals surface area (Å²) in [4.78, 5) is 51.8. The molecular formula is C21H21N3O4. The van der Waals surface area contributed by atoms with Crippen molar-refractivity contribution in [1.29, 1.82) is 0 Å². The fraction of sp³-hybridized carbons (Fsp3) is 0.238. The largest absolute Gasteiger partial charge is 0.311 e. The SMILES string of the molecule is CCCN1C(=O)C(C(=O)NNC(=O)c2ccc(C)cc2)C(=O)c2ccccc21. The number of carbonyl (C=O) groups excluding carboxylic acids is 4. The van der Waals surface area contributed by atoms with Crippen molar-refractivity contribution >= 4 is 29.2 Å². The highest BCUT2D eigenvalue weighted by Gasteiger charge is 2.43. The van der Waals surface area contributed by atoms with Crippen LogP contribution in [0.1, 0.15) is 39.6 Å². The number of hydrogen-bond acceptors (Lipinski definition) is 4. The van der Waals surface area contributed by atoms with Gasteiger partial charge in [0, 0.05) is 17.7 Å². The molecule has 0 saturated heterocycles. The molecule has 1 aliphatic heterocycles. The molecule has 28 heavy (non-hydrogen) atoms. The van der Waals surface area contributed by atoms with E-state index in [0.29, 0.717) is 29.8 Å². The summed E-state index contributed by atoms with van der Waals surface area (Å²) < 4.78 is 0. The van der Waals surface area contributed by atoms with E-state index in [2.05, 4.69) is 10.9 Å². The van der Waals surface area contributed by atoms with Gasteiger partial charge in [-0.25, -0.2) is 0 Å². The molecule has 0 saturated carbocycles. The zero-order valence-corrected chi connectivity index (χ0v) is 15.7. The van der Waals surface area contributed by atoms with E-state index in [0.717, 1.165) is 5.56 Å². The Hall–Kier alpha value is -3.48. The number of hydrogen-bond donors (Lipinski definition) is 2. The summed E-state index contributed by atoms with van der Waals surface area (Å²) >= 11 is 0. The number of benzene rings is 2. The first-order valence-corrected chi connectivity index (χ1v) is 9.05. The highest BCUT2D eigenvalue weighted by atomic mass is 16.2. The zero-order chi connectivity index (χ0) is 20.3. The Morgan fingerprint density at radius 2 is 1.68 bits per heavy atom. The molecule has 7 heteroatoms. The number of ketones is 1. The number of nitrogens with zero attached hydrogens (tertiary/aromatic N) is 1. The third-order valence-electron chi connectivity index (χ3n) is 4.56. The predicted molar refractivity (Wildman–Crippen MR) is 104 cm³/mol. The molecule has 1 atom stereocenters. The van der Waals surface area contributed by atoms with Crippen molar-refractivity contribution in [3.05, 3.63) is 65.2 Å². The van der Waals surface area contributed by atoms with Gasteiger partial charge in [-0.3, -0.25) is 30.0 Å². The number of rotatable bonds is 4. The van der Waals surface area contributed by atoms with E-state index in [4.69, 9.17) is 0 Å². The smallest absolute Gasteiger partial charge is 0.269 e. The summed E-state index contributed by atoms with van der Waals surface area (Å²) in [6, 6.07) is 13.5. The molecule has 0 fully saturated rings. The van der Waals surface area contributed by atoms with Gasteiger partial charge in [-0.05, 0) is 37.6 Å². The predicted octanol–water partition coefficient (Wildman–Crippen LogP) is 2.01. The van der Waals surface area contributed by atoms with Crippen molar-refractivity contribution in [1.82, 2.24) is 10.9 Å². The lowest BCUT2D eigenvalue weighted by Crippen LogP contribution is -2.54. The fourth-order valence-electron chi connectivity index (χ4n) is 3.11. The molecule has 3 amide bonds. The number of nitrogens with one attached hydrogen (secondary N) is 2. The van der Waals surface area contributed by atoms with Gasteiger partial charge in [0.1, 0.15) is 0 Å². The van der Waals surface area contributed by atoms with Gasteiger partial charge in [0.05, 0.1) is 5.69 Å². The lowest BCUT2D eigenvalue weighted by molar-refractivity contribution is -0.132. The normalized spacial score (nSPS) is 15.8. The van der Waals surface area contributed by atoms with Crippen LogP contribution in [0.15, 0.2) is 48.5 Å². The quantitative estimate of drug-likeness (QED) is 0.627. The molecule has 0 radical (unpaired) electrons. The van der Waals surface area contributed by atoms with Crippen LogP contribution in [0.25, 0.3) is 0 Å². The van der Waals surface area contributed by atoms with Gasteiger partial charge in [0.25, 0.3) is 11.8 Å². The topological polar surface area (TPSA) is 95.6 Å². The van der Waals surface area contributed by atoms with E-state index in [1.54, 1.807) is 48.5 Å². The Balaban J connectivity index is 1.77. The second-order valence-corrected chi connectivity index (χ2v) is 6.61. The van der Waals surface area contributed by atoms with Crippen LogP contribution in [0.3, 0.4) is 0 Å². The van der Waals surface area contributed by atoms with Crippen molar-refractivity contribution < 1.29 is 19.2 Å². The monoisotopic (exact) mass is 379 g/mol. The lowest BCUT2D eigenvalue weighted by atomic mass is 9.89. The summed E-state index contributed by atoms with van der Waals surface area (Å²) in [5, 5.41) is 0. The van der Waals surface area contributed by atoms with Crippen LogP contribution in [-0.2, 0) is 9.59 Å². The molecule has 2 N–H and O–H groups in total. The molecule has 1 heterocycles. The van der Waals surface area contributed by atoms with Crippen LogP contribution in [0.4, 0.5) is 5.69 Å². The number of fused-ring (bicyclic) bond motifs is 1. The number of carbonyl (C=O) groups is 4. The molecule has 2 aromatic rings. The van der Waals surface area contributed by atoms with E-state index in [1.165, 1.54) is 4.90 Å². The van der Waals surface area contributed by atoms with E-state index >= 15 is 0 Å². The third-order valence-corrected chi connectivity index (χ3v) is 4.56. The van der Waals surface area contributed by atoms with Gasteiger partial charge in [-0.15, -0.1) is 0 Å². The molecule has 144 valence electrons. The Morgan fingerprint density at radius 1 is 1.00 bits per heavy atom. The van der Waals surface area contributed by atoms with E-state index in [1.807, 2.05) is 13.8 Å². The first kappa shape index (κ1) is 19.3. The van der Waals surface area contributed by atoms with Crippen molar-refractivity contribution in [2.45, 2.75) is 20.3 Å². The van der Waals surface area contributed by atoms with Crippen LogP contribution in [0.5, 0.6) is 0 Å². The first-order chi connectivity index (χ1) is 13.4. The Labute approximate surface area is 162 Å². The summed E-state index contributed by atoms with van der Waals surface area (Å²) in [6.45, 7) is 4.19. The first-order valence-electron chi connectivity index (χ1n) is 9.05. The van der Waals surface area contributed by atoms with Crippen LogP contribution in [-0.4, -0.2) is 30.0 Å². The minimum atomic E-state index is -1.53. The van der Waals surface area contributed by atoms with Gasteiger partial charge in [0.2, 0.25) is 5.91 Å².